The number of pyridine rings is 1. The van der Waals surface area contributed by atoms with Crippen LogP contribution in [0.5, 0.6) is 0 Å². The van der Waals surface area contributed by atoms with Crippen LogP contribution >= 0.6 is 0 Å². The van der Waals surface area contributed by atoms with Gasteiger partial charge in [0, 0.05) is 11.3 Å². The highest BCUT2D eigenvalue weighted by Gasteiger charge is 2.23. The van der Waals surface area contributed by atoms with Crippen LogP contribution in [0.2, 0.25) is 0 Å². The van der Waals surface area contributed by atoms with Gasteiger partial charge in [-0.25, -0.2) is 0 Å². The third-order valence-electron chi connectivity index (χ3n) is 4.06. The second-order valence-electron chi connectivity index (χ2n) is 6.18. The van der Waals surface area contributed by atoms with E-state index in [0.717, 1.165) is 11.1 Å². The first-order valence-electron chi connectivity index (χ1n) is 7.81. The van der Waals surface area contributed by atoms with E-state index in [0.29, 0.717) is 16.8 Å². The molecule has 0 bridgehead atoms. The van der Waals surface area contributed by atoms with Gasteiger partial charge in [-0.1, -0.05) is 38.1 Å². The van der Waals surface area contributed by atoms with Gasteiger partial charge in [-0.15, -0.1) is 0 Å². The normalized spacial score (nSPS) is 10.9. The molecule has 0 fully saturated rings. The molecular formula is C19H21NO4. The lowest BCUT2D eigenvalue weighted by atomic mass is 9.86. The molecule has 2 rings (SSSR count). The summed E-state index contributed by atoms with van der Waals surface area (Å²) >= 11 is 0. The number of hydrogen-bond acceptors (Lipinski definition) is 3. The Labute approximate surface area is 140 Å². The molecule has 0 saturated heterocycles. The Hall–Kier alpha value is -2.69. The average molecular weight is 327 g/mol. The Morgan fingerprint density at radius 2 is 1.83 bits per heavy atom. The summed E-state index contributed by atoms with van der Waals surface area (Å²) in [5.41, 5.74) is 2.63. The highest BCUT2D eigenvalue weighted by Crippen LogP contribution is 2.34. The maximum atomic E-state index is 12.4. The number of carbonyl (C=O) groups excluding carboxylic acids is 1. The number of carboxylic acid groups (broad SMARTS) is 1. The standard InChI is InChI=1S/C19H21NO4/c1-10(2)13-7-5-6-8-14(13)18-15(9-16(22)23)11(3)20-19(24)17(18)12(4)21/h5-8,10H,9H2,1-4H3,(H,20,24)(H,22,23). The number of aromatic nitrogens is 1. The van der Waals surface area contributed by atoms with Crippen molar-refractivity contribution in [3.05, 3.63) is 57.0 Å². The van der Waals surface area contributed by atoms with Gasteiger partial charge in [-0.2, -0.15) is 0 Å². The fraction of sp³-hybridized carbons (Fsp3) is 0.316. The van der Waals surface area contributed by atoms with Crippen molar-refractivity contribution < 1.29 is 14.7 Å². The van der Waals surface area contributed by atoms with Gasteiger partial charge >= 0.3 is 5.97 Å². The number of nitrogens with one attached hydrogen (secondary N) is 1. The molecular weight excluding hydrogens is 306 g/mol. The summed E-state index contributed by atoms with van der Waals surface area (Å²) in [6.45, 7) is 7.02. The lowest BCUT2D eigenvalue weighted by Gasteiger charge is -2.19. The third-order valence-corrected chi connectivity index (χ3v) is 4.06. The fourth-order valence-electron chi connectivity index (χ4n) is 2.99. The summed E-state index contributed by atoms with van der Waals surface area (Å²) in [4.78, 5) is 38.4. The molecule has 0 saturated carbocycles. The Morgan fingerprint density at radius 1 is 1.21 bits per heavy atom. The first kappa shape index (κ1) is 17.7. The number of carbonyl (C=O) groups is 2. The molecule has 0 spiro atoms. The Balaban J connectivity index is 2.97. The number of benzene rings is 1. The lowest BCUT2D eigenvalue weighted by molar-refractivity contribution is -0.136. The highest BCUT2D eigenvalue weighted by atomic mass is 16.4. The second-order valence-corrected chi connectivity index (χ2v) is 6.18. The zero-order valence-electron chi connectivity index (χ0n) is 14.3. The Bertz CT molecular complexity index is 862. The quantitative estimate of drug-likeness (QED) is 0.825. The number of aromatic amines is 1. The van der Waals surface area contributed by atoms with E-state index >= 15 is 0 Å². The molecule has 2 aromatic rings. The topological polar surface area (TPSA) is 87.2 Å². The van der Waals surface area contributed by atoms with Crippen molar-refractivity contribution in [2.75, 3.05) is 0 Å². The Kier molecular flexibility index (Phi) is 5.02. The van der Waals surface area contributed by atoms with Crippen molar-refractivity contribution in [1.82, 2.24) is 4.98 Å². The van der Waals surface area contributed by atoms with E-state index in [4.69, 9.17) is 0 Å². The van der Waals surface area contributed by atoms with E-state index in [2.05, 4.69) is 4.98 Å². The summed E-state index contributed by atoms with van der Waals surface area (Å²) in [5.74, 6) is -1.22. The molecule has 0 aliphatic rings. The van der Waals surface area contributed by atoms with Crippen LogP contribution in [0.4, 0.5) is 0 Å². The number of hydrogen-bond donors (Lipinski definition) is 2. The van der Waals surface area contributed by atoms with Crippen LogP contribution < -0.4 is 5.56 Å². The molecule has 0 unspecified atom stereocenters. The monoisotopic (exact) mass is 327 g/mol. The van der Waals surface area contributed by atoms with Crippen LogP contribution in [0.1, 0.15) is 53.9 Å². The third kappa shape index (κ3) is 3.30. The molecule has 2 N–H and O–H groups in total. The first-order valence-corrected chi connectivity index (χ1v) is 7.81. The molecule has 0 atom stereocenters. The van der Waals surface area contributed by atoms with E-state index < -0.39 is 11.5 Å². The van der Waals surface area contributed by atoms with Crippen LogP contribution in [0.15, 0.2) is 29.1 Å². The maximum Gasteiger partial charge on any atom is 0.307 e. The first-order chi connectivity index (χ1) is 11.2. The van der Waals surface area contributed by atoms with Gasteiger partial charge in [0.15, 0.2) is 5.78 Å². The van der Waals surface area contributed by atoms with Crippen LogP contribution in [-0.4, -0.2) is 21.8 Å². The van der Waals surface area contributed by atoms with Crippen LogP contribution in [0.25, 0.3) is 11.1 Å². The van der Waals surface area contributed by atoms with Gasteiger partial charge < -0.3 is 10.1 Å². The Morgan fingerprint density at radius 3 is 2.38 bits per heavy atom. The number of carboxylic acids is 1. The van der Waals surface area contributed by atoms with Crippen LogP contribution in [0, 0.1) is 6.92 Å². The number of rotatable bonds is 5. The van der Waals surface area contributed by atoms with Gasteiger partial charge in [0.1, 0.15) is 0 Å². The van der Waals surface area contributed by atoms with Gasteiger partial charge in [0.05, 0.1) is 12.0 Å². The van der Waals surface area contributed by atoms with Crippen LogP contribution in [0.3, 0.4) is 0 Å². The largest absolute Gasteiger partial charge is 0.481 e. The van der Waals surface area contributed by atoms with Gasteiger partial charge in [0.2, 0.25) is 0 Å². The van der Waals surface area contributed by atoms with E-state index in [1.54, 1.807) is 6.92 Å². The predicted octanol–water partition coefficient (Wildman–Crippen LogP) is 3.30. The van der Waals surface area contributed by atoms with Gasteiger partial charge in [-0.05, 0) is 36.5 Å². The van der Waals surface area contributed by atoms with Crippen molar-refractivity contribution in [1.29, 1.82) is 0 Å². The molecule has 5 heteroatoms. The molecule has 0 amide bonds. The molecule has 5 nitrogen and oxygen atoms in total. The summed E-state index contributed by atoms with van der Waals surface area (Å²) in [5, 5.41) is 9.26. The molecule has 0 aliphatic carbocycles. The van der Waals surface area contributed by atoms with Crippen molar-refractivity contribution in [3.8, 4) is 11.1 Å². The second kappa shape index (κ2) is 6.83. The minimum absolute atomic E-state index is 0.0185. The fourth-order valence-corrected chi connectivity index (χ4v) is 2.99. The molecule has 126 valence electrons. The number of H-pyrrole nitrogens is 1. The maximum absolute atomic E-state index is 12.4. The minimum Gasteiger partial charge on any atom is -0.481 e. The van der Waals surface area contributed by atoms with E-state index in [1.807, 2.05) is 38.1 Å². The van der Waals surface area contributed by atoms with Gasteiger partial charge in [0.25, 0.3) is 5.56 Å². The molecule has 0 radical (unpaired) electrons. The summed E-state index contributed by atoms with van der Waals surface area (Å²) in [7, 11) is 0. The van der Waals surface area contributed by atoms with Crippen molar-refractivity contribution in [2.45, 2.75) is 40.0 Å². The average Bonchev–Trinajstić information content (AvgIpc) is 2.48. The summed E-state index contributed by atoms with van der Waals surface area (Å²) in [6, 6.07) is 7.49. The minimum atomic E-state index is -1.01. The number of aliphatic carboxylic acids is 1. The van der Waals surface area contributed by atoms with E-state index in [1.165, 1.54) is 6.92 Å². The molecule has 1 aromatic heterocycles. The van der Waals surface area contributed by atoms with E-state index in [9.17, 15) is 19.5 Å². The number of aryl methyl sites for hydroxylation is 1. The zero-order chi connectivity index (χ0) is 18.0. The smallest absolute Gasteiger partial charge is 0.307 e. The molecule has 1 heterocycles. The number of ketones is 1. The SMILES string of the molecule is CC(=O)c1c(-c2ccccc2C(C)C)c(CC(=O)O)c(C)[nH]c1=O. The lowest BCUT2D eigenvalue weighted by Crippen LogP contribution is -2.22. The summed E-state index contributed by atoms with van der Waals surface area (Å²) in [6.07, 6.45) is -0.259. The molecule has 24 heavy (non-hydrogen) atoms. The van der Waals surface area contributed by atoms with Crippen molar-refractivity contribution in [2.24, 2.45) is 0 Å². The zero-order valence-corrected chi connectivity index (χ0v) is 14.3. The highest BCUT2D eigenvalue weighted by molar-refractivity contribution is 6.02. The van der Waals surface area contributed by atoms with Crippen LogP contribution in [-0.2, 0) is 11.2 Å². The van der Waals surface area contributed by atoms with Crippen molar-refractivity contribution in [3.63, 3.8) is 0 Å². The summed E-state index contributed by atoms with van der Waals surface area (Å²) < 4.78 is 0. The van der Waals surface area contributed by atoms with Gasteiger partial charge in [-0.3, -0.25) is 14.4 Å². The van der Waals surface area contributed by atoms with Crippen molar-refractivity contribution >= 4 is 11.8 Å². The number of Topliss-reactive ketones (excluding diaryl/α,β-unsaturated/α-hetero) is 1. The molecule has 1 aromatic carbocycles. The van der Waals surface area contributed by atoms with E-state index in [-0.39, 0.29) is 23.7 Å². The predicted molar refractivity (Wildman–Crippen MR) is 92.7 cm³/mol. The molecule has 0 aliphatic heterocycles.